The normalized spacial score (nSPS) is 13.0. The fourth-order valence-corrected chi connectivity index (χ4v) is 2.01. The molecule has 0 fully saturated rings. The van der Waals surface area contributed by atoms with Crippen molar-refractivity contribution in [3.05, 3.63) is 64.3 Å². The van der Waals surface area contributed by atoms with E-state index in [0.717, 1.165) is 5.56 Å². The summed E-state index contributed by atoms with van der Waals surface area (Å²) in [6.45, 7) is 3.39. The van der Waals surface area contributed by atoms with Crippen LogP contribution in [0.1, 0.15) is 25.5 Å². The van der Waals surface area contributed by atoms with Crippen LogP contribution in [0, 0.1) is 10.1 Å². The van der Waals surface area contributed by atoms with Crippen molar-refractivity contribution in [3.8, 4) is 5.75 Å². The minimum absolute atomic E-state index is 0.0347. The van der Waals surface area contributed by atoms with E-state index in [-0.39, 0.29) is 17.7 Å². The fraction of sp³-hybridized carbons (Fsp3) is 0.250. The molecule has 7 heteroatoms. The van der Waals surface area contributed by atoms with Gasteiger partial charge in [0.2, 0.25) is 5.75 Å². The highest BCUT2D eigenvalue weighted by atomic mass is 16.6. The van der Waals surface area contributed by atoms with E-state index >= 15 is 0 Å². The molecule has 1 aromatic heterocycles. The minimum atomic E-state index is -0.885. The maximum absolute atomic E-state index is 12.2. The van der Waals surface area contributed by atoms with Crippen LogP contribution in [0.2, 0.25) is 0 Å². The first-order valence-electron chi connectivity index (χ1n) is 7.10. The molecule has 0 spiro atoms. The Labute approximate surface area is 133 Å². The Morgan fingerprint density at radius 3 is 2.57 bits per heavy atom. The van der Waals surface area contributed by atoms with Crippen LogP contribution in [0.3, 0.4) is 0 Å². The highest BCUT2D eigenvalue weighted by molar-refractivity contribution is 5.81. The lowest BCUT2D eigenvalue weighted by Gasteiger charge is -2.18. The van der Waals surface area contributed by atoms with Gasteiger partial charge in [-0.3, -0.25) is 4.79 Å². The molecule has 0 aliphatic rings. The molecule has 1 amide bonds. The number of nitro groups is 1. The van der Waals surface area contributed by atoms with Crippen molar-refractivity contribution in [1.29, 1.82) is 0 Å². The smallest absolute Gasteiger partial charge is 0.406 e. The van der Waals surface area contributed by atoms with Gasteiger partial charge in [-0.2, -0.15) is 0 Å². The molecule has 7 nitrogen and oxygen atoms in total. The summed E-state index contributed by atoms with van der Waals surface area (Å²) in [5.41, 5.74) is 0.959. The van der Waals surface area contributed by atoms with Gasteiger partial charge in [0, 0.05) is 0 Å². The molecule has 1 aromatic carbocycles. The van der Waals surface area contributed by atoms with Gasteiger partial charge in [0.05, 0.1) is 6.04 Å². The van der Waals surface area contributed by atoms with Gasteiger partial charge in [0.1, 0.15) is 6.20 Å². The van der Waals surface area contributed by atoms with Crippen molar-refractivity contribution < 1.29 is 14.5 Å². The number of nitrogens with one attached hydrogen (secondary N) is 1. The zero-order valence-electron chi connectivity index (χ0n) is 12.8. The highest BCUT2D eigenvalue weighted by Gasteiger charge is 2.22. The number of rotatable bonds is 6. The number of carbonyl (C=O) groups excluding carboxylic acids is 1. The van der Waals surface area contributed by atoms with Crippen molar-refractivity contribution >= 4 is 11.7 Å². The standard InChI is InChI=1S/C16H17N3O4/c1-11(13-7-4-3-5-8-13)18-16(20)12(2)23-14-9-6-10-17-15(14)19(21)22/h3-12H,1-2H3,(H,18,20)/t11-,12-/m0/s1. The van der Waals surface area contributed by atoms with Crippen LogP contribution in [-0.4, -0.2) is 21.9 Å². The van der Waals surface area contributed by atoms with Crippen LogP contribution >= 0.6 is 0 Å². The van der Waals surface area contributed by atoms with Gasteiger partial charge in [-0.1, -0.05) is 30.3 Å². The first-order chi connectivity index (χ1) is 11.0. The second-order valence-electron chi connectivity index (χ2n) is 4.98. The molecular weight excluding hydrogens is 298 g/mol. The van der Waals surface area contributed by atoms with E-state index < -0.39 is 16.8 Å². The van der Waals surface area contributed by atoms with E-state index in [2.05, 4.69) is 10.3 Å². The summed E-state index contributed by atoms with van der Waals surface area (Å²) in [7, 11) is 0. The molecule has 0 bridgehead atoms. The summed E-state index contributed by atoms with van der Waals surface area (Å²) in [6.07, 6.45) is 0.414. The van der Waals surface area contributed by atoms with Gasteiger partial charge in [-0.15, -0.1) is 0 Å². The lowest BCUT2D eigenvalue weighted by molar-refractivity contribution is -0.390. The summed E-state index contributed by atoms with van der Waals surface area (Å²) < 4.78 is 5.39. The molecule has 2 atom stereocenters. The molecule has 0 saturated heterocycles. The fourth-order valence-electron chi connectivity index (χ4n) is 2.01. The topological polar surface area (TPSA) is 94.4 Å². The van der Waals surface area contributed by atoms with Crippen LogP contribution in [0.5, 0.6) is 5.75 Å². The number of pyridine rings is 1. The number of nitrogens with zero attached hydrogens (tertiary/aromatic N) is 2. The zero-order chi connectivity index (χ0) is 16.8. The second kappa shape index (κ2) is 7.35. The number of amides is 1. The quantitative estimate of drug-likeness (QED) is 0.653. The molecule has 1 N–H and O–H groups in total. The third kappa shape index (κ3) is 4.26. The van der Waals surface area contributed by atoms with Crippen LogP contribution in [-0.2, 0) is 4.79 Å². The molecule has 2 rings (SSSR count). The number of carbonyl (C=O) groups is 1. The van der Waals surface area contributed by atoms with Gasteiger partial charge >= 0.3 is 5.82 Å². The van der Waals surface area contributed by atoms with Crippen LogP contribution in [0.25, 0.3) is 0 Å². The molecule has 0 saturated carbocycles. The molecule has 1 heterocycles. The summed E-state index contributed by atoms with van der Waals surface area (Å²) in [5.74, 6) is -0.810. The zero-order valence-corrected chi connectivity index (χ0v) is 12.8. The summed E-state index contributed by atoms with van der Waals surface area (Å²) >= 11 is 0. The van der Waals surface area contributed by atoms with E-state index in [1.54, 1.807) is 0 Å². The Bertz CT molecular complexity index is 691. The Hall–Kier alpha value is -2.96. The molecule has 0 radical (unpaired) electrons. The van der Waals surface area contributed by atoms with Gasteiger partial charge < -0.3 is 20.2 Å². The summed E-state index contributed by atoms with van der Waals surface area (Å²) in [5, 5.41) is 13.7. The van der Waals surface area contributed by atoms with E-state index in [9.17, 15) is 14.9 Å². The molecule has 0 unspecified atom stereocenters. The average Bonchev–Trinajstić information content (AvgIpc) is 2.55. The largest absolute Gasteiger partial charge is 0.473 e. The van der Waals surface area contributed by atoms with Gasteiger partial charge in [-0.25, -0.2) is 0 Å². The third-order valence-corrected chi connectivity index (χ3v) is 3.26. The lowest BCUT2D eigenvalue weighted by Crippen LogP contribution is -2.37. The lowest BCUT2D eigenvalue weighted by atomic mass is 10.1. The predicted octanol–water partition coefficient (Wildman–Crippen LogP) is 2.63. The van der Waals surface area contributed by atoms with E-state index in [1.807, 2.05) is 37.3 Å². The number of hydrogen-bond donors (Lipinski definition) is 1. The van der Waals surface area contributed by atoms with Crippen LogP contribution in [0.15, 0.2) is 48.7 Å². The van der Waals surface area contributed by atoms with Gasteiger partial charge in [-0.05, 0) is 41.5 Å². The summed E-state index contributed by atoms with van der Waals surface area (Å²) in [4.78, 5) is 26.1. The van der Waals surface area contributed by atoms with Crippen molar-refractivity contribution in [2.75, 3.05) is 0 Å². The number of ether oxygens (including phenoxy) is 1. The predicted molar refractivity (Wildman–Crippen MR) is 84.0 cm³/mol. The maximum Gasteiger partial charge on any atom is 0.406 e. The average molecular weight is 315 g/mol. The molecule has 2 aromatic rings. The molecule has 120 valence electrons. The third-order valence-electron chi connectivity index (χ3n) is 3.26. The molecule has 0 aliphatic carbocycles. The Morgan fingerprint density at radius 2 is 1.91 bits per heavy atom. The highest BCUT2D eigenvalue weighted by Crippen LogP contribution is 2.24. The minimum Gasteiger partial charge on any atom is -0.473 e. The number of aromatic nitrogens is 1. The van der Waals surface area contributed by atoms with Gasteiger partial charge in [0.25, 0.3) is 5.91 Å². The van der Waals surface area contributed by atoms with Crippen molar-refractivity contribution in [2.24, 2.45) is 0 Å². The molecule has 0 aliphatic heterocycles. The first-order valence-corrected chi connectivity index (χ1v) is 7.10. The second-order valence-corrected chi connectivity index (χ2v) is 4.98. The SMILES string of the molecule is C[C@H](Oc1cccnc1[N+](=O)[O-])C(=O)N[C@@H](C)c1ccccc1. The Kier molecular flexibility index (Phi) is 5.24. The van der Waals surface area contributed by atoms with Crippen LogP contribution in [0.4, 0.5) is 5.82 Å². The van der Waals surface area contributed by atoms with Crippen molar-refractivity contribution in [1.82, 2.24) is 10.3 Å². The van der Waals surface area contributed by atoms with E-state index in [1.165, 1.54) is 25.3 Å². The first kappa shape index (κ1) is 16.4. The molecular formula is C16H17N3O4. The Balaban J connectivity index is 2.02. The van der Waals surface area contributed by atoms with E-state index in [4.69, 9.17) is 4.74 Å². The van der Waals surface area contributed by atoms with Crippen LogP contribution < -0.4 is 10.1 Å². The van der Waals surface area contributed by atoms with Crippen molar-refractivity contribution in [3.63, 3.8) is 0 Å². The van der Waals surface area contributed by atoms with Crippen molar-refractivity contribution in [2.45, 2.75) is 26.0 Å². The maximum atomic E-state index is 12.2. The summed E-state index contributed by atoms with van der Waals surface area (Å²) in [6, 6.07) is 12.2. The monoisotopic (exact) mass is 315 g/mol. The van der Waals surface area contributed by atoms with Gasteiger partial charge in [0.15, 0.2) is 6.10 Å². The molecule has 23 heavy (non-hydrogen) atoms. The number of hydrogen-bond acceptors (Lipinski definition) is 5. The van der Waals surface area contributed by atoms with E-state index in [0.29, 0.717) is 0 Å². The Morgan fingerprint density at radius 1 is 1.22 bits per heavy atom. The number of benzene rings is 1.